The number of hydrogen-bond acceptors (Lipinski definition) is 4. The van der Waals surface area contributed by atoms with Gasteiger partial charge in [-0.25, -0.2) is 0 Å². The van der Waals surface area contributed by atoms with Gasteiger partial charge in [0.15, 0.2) is 5.11 Å². The molecule has 10 heteroatoms. The molecule has 0 aliphatic carbocycles. The number of nitrogens with zero attached hydrogens (tertiary/aromatic N) is 2. The Hall–Kier alpha value is -2.07. The molecule has 174 valence electrons. The van der Waals surface area contributed by atoms with Crippen molar-refractivity contribution in [2.24, 2.45) is 0 Å². The minimum absolute atomic E-state index is 0.375. The second-order valence-corrected chi connectivity index (χ2v) is 8.14. The summed E-state index contributed by atoms with van der Waals surface area (Å²) in [7, 11) is 1.61. The van der Waals surface area contributed by atoms with Gasteiger partial charge in [0.05, 0.1) is 30.9 Å². The third-order valence-corrected chi connectivity index (χ3v) is 5.81. The van der Waals surface area contributed by atoms with Crippen molar-refractivity contribution in [3.8, 4) is 5.75 Å². The largest absolute Gasteiger partial charge is 0.497 e. The summed E-state index contributed by atoms with van der Waals surface area (Å²) in [5.41, 5.74) is 0.555. The number of ether oxygens (including phenoxy) is 2. The van der Waals surface area contributed by atoms with E-state index < -0.39 is 11.7 Å². The first kappa shape index (κ1) is 24.6. The minimum Gasteiger partial charge on any atom is -0.497 e. The number of alkyl halides is 3. The molecule has 32 heavy (non-hydrogen) atoms. The fourth-order valence-corrected chi connectivity index (χ4v) is 3.88. The molecule has 1 fully saturated rings. The first-order valence-electron chi connectivity index (χ1n) is 10.1. The molecule has 1 N–H and O–H groups in total. The number of halogens is 4. The molecule has 0 spiro atoms. The van der Waals surface area contributed by atoms with E-state index in [0.29, 0.717) is 37.1 Å². The lowest BCUT2D eigenvalue weighted by atomic mass is 10.2. The number of morpholine rings is 1. The monoisotopic (exact) mass is 487 g/mol. The van der Waals surface area contributed by atoms with Crippen molar-refractivity contribution in [1.82, 2.24) is 9.80 Å². The SMILES string of the molecule is COc1ccc(CN(CCN2CCOCC2)C(=S)Nc2ccc(C(F)(F)F)c(Cl)c2)cc1. The molecule has 0 saturated carbocycles. The Balaban J connectivity index is 1.71. The summed E-state index contributed by atoms with van der Waals surface area (Å²) in [6.07, 6.45) is -4.51. The lowest BCUT2D eigenvalue weighted by Gasteiger charge is -2.31. The van der Waals surface area contributed by atoms with Crippen molar-refractivity contribution >= 4 is 34.6 Å². The van der Waals surface area contributed by atoms with E-state index in [0.717, 1.165) is 37.0 Å². The van der Waals surface area contributed by atoms with Gasteiger partial charge < -0.3 is 19.7 Å². The summed E-state index contributed by atoms with van der Waals surface area (Å²) in [4.78, 5) is 4.28. The Morgan fingerprint density at radius 1 is 1.19 bits per heavy atom. The number of thiocarbonyl (C=S) groups is 1. The fraction of sp³-hybridized carbons (Fsp3) is 0.409. The third-order valence-electron chi connectivity index (χ3n) is 5.14. The molecule has 0 amide bonds. The van der Waals surface area contributed by atoms with Crippen molar-refractivity contribution in [3.63, 3.8) is 0 Å². The summed E-state index contributed by atoms with van der Waals surface area (Å²) in [5, 5.41) is 3.06. The molecule has 0 bridgehead atoms. The number of benzene rings is 2. The molecule has 2 aromatic carbocycles. The summed E-state index contributed by atoms with van der Waals surface area (Å²) in [6, 6.07) is 11.2. The Morgan fingerprint density at radius 3 is 2.47 bits per heavy atom. The predicted octanol–water partition coefficient (Wildman–Crippen LogP) is 4.90. The van der Waals surface area contributed by atoms with E-state index in [1.54, 1.807) is 7.11 Å². The van der Waals surface area contributed by atoms with E-state index in [2.05, 4.69) is 10.2 Å². The third kappa shape index (κ3) is 6.96. The zero-order valence-electron chi connectivity index (χ0n) is 17.6. The Bertz CT molecular complexity index is 906. The van der Waals surface area contributed by atoms with Crippen molar-refractivity contribution in [1.29, 1.82) is 0 Å². The standard InChI is InChI=1S/C22H25ClF3N3O2S/c1-30-18-5-2-16(3-6-18)15-29(9-8-28-10-12-31-13-11-28)21(32)27-17-4-7-19(20(23)14-17)22(24,25)26/h2-7,14H,8-13,15H2,1H3,(H,27,32). The van der Waals surface area contributed by atoms with Gasteiger partial charge >= 0.3 is 6.18 Å². The highest BCUT2D eigenvalue weighted by molar-refractivity contribution is 7.80. The molecule has 0 aromatic heterocycles. The molecule has 0 atom stereocenters. The van der Waals surface area contributed by atoms with Crippen LogP contribution in [0.3, 0.4) is 0 Å². The average molecular weight is 488 g/mol. The Morgan fingerprint density at radius 2 is 1.88 bits per heavy atom. The van der Waals surface area contributed by atoms with E-state index in [1.807, 2.05) is 29.2 Å². The molecule has 0 radical (unpaired) electrons. The highest BCUT2D eigenvalue weighted by Gasteiger charge is 2.33. The number of methoxy groups -OCH3 is 1. The molecule has 1 saturated heterocycles. The predicted molar refractivity (Wildman–Crippen MR) is 123 cm³/mol. The molecular weight excluding hydrogens is 463 g/mol. The van der Waals surface area contributed by atoms with Gasteiger partial charge in [-0.1, -0.05) is 23.7 Å². The lowest BCUT2D eigenvalue weighted by molar-refractivity contribution is -0.137. The van der Waals surface area contributed by atoms with E-state index in [1.165, 1.54) is 12.1 Å². The molecular formula is C22H25ClF3N3O2S. The maximum absolute atomic E-state index is 13.0. The van der Waals surface area contributed by atoms with Gasteiger partial charge in [-0.3, -0.25) is 4.90 Å². The summed E-state index contributed by atoms with van der Waals surface area (Å²) >= 11 is 11.5. The van der Waals surface area contributed by atoms with Gasteiger partial charge in [-0.15, -0.1) is 0 Å². The summed E-state index contributed by atoms with van der Waals surface area (Å²) in [5.74, 6) is 0.758. The van der Waals surface area contributed by atoms with Crippen LogP contribution in [0.25, 0.3) is 0 Å². The highest BCUT2D eigenvalue weighted by atomic mass is 35.5. The van der Waals surface area contributed by atoms with Crippen LogP contribution < -0.4 is 10.1 Å². The van der Waals surface area contributed by atoms with Crippen LogP contribution in [0.1, 0.15) is 11.1 Å². The highest BCUT2D eigenvalue weighted by Crippen LogP contribution is 2.35. The van der Waals surface area contributed by atoms with Gasteiger partial charge in [0.2, 0.25) is 0 Å². The topological polar surface area (TPSA) is 37.0 Å². The Labute approximate surface area is 196 Å². The first-order chi connectivity index (χ1) is 15.3. The molecule has 5 nitrogen and oxygen atoms in total. The van der Waals surface area contributed by atoms with Gasteiger partial charge in [-0.2, -0.15) is 13.2 Å². The number of anilines is 1. The van der Waals surface area contributed by atoms with Crippen LogP contribution >= 0.6 is 23.8 Å². The molecule has 3 rings (SSSR count). The van der Waals surface area contributed by atoms with Gasteiger partial charge in [0, 0.05) is 38.4 Å². The molecule has 1 aliphatic rings. The smallest absolute Gasteiger partial charge is 0.417 e. The number of hydrogen-bond donors (Lipinski definition) is 1. The van der Waals surface area contributed by atoms with E-state index in [-0.39, 0.29) is 5.02 Å². The minimum atomic E-state index is -4.51. The maximum Gasteiger partial charge on any atom is 0.417 e. The summed E-state index contributed by atoms with van der Waals surface area (Å²) < 4.78 is 49.6. The van der Waals surface area contributed by atoms with Gasteiger partial charge in [0.1, 0.15) is 5.75 Å². The maximum atomic E-state index is 13.0. The van der Waals surface area contributed by atoms with Gasteiger partial charge in [-0.05, 0) is 48.1 Å². The zero-order chi connectivity index (χ0) is 23.1. The average Bonchev–Trinajstić information content (AvgIpc) is 2.77. The Kier molecular flexibility index (Phi) is 8.58. The second-order valence-electron chi connectivity index (χ2n) is 7.35. The van der Waals surface area contributed by atoms with E-state index in [9.17, 15) is 13.2 Å². The van der Waals surface area contributed by atoms with Crippen LogP contribution in [-0.2, 0) is 17.5 Å². The quantitative estimate of drug-likeness (QED) is 0.560. The summed E-state index contributed by atoms with van der Waals surface area (Å²) in [6.45, 7) is 5.07. The second kappa shape index (κ2) is 11.2. The van der Waals surface area contributed by atoms with Crippen LogP contribution in [0, 0.1) is 0 Å². The first-order valence-corrected chi connectivity index (χ1v) is 10.9. The van der Waals surface area contributed by atoms with Crippen LogP contribution in [-0.4, -0.2) is 61.4 Å². The van der Waals surface area contributed by atoms with Crippen LogP contribution in [0.5, 0.6) is 5.75 Å². The van der Waals surface area contributed by atoms with Crippen molar-refractivity contribution in [3.05, 3.63) is 58.6 Å². The number of nitrogens with one attached hydrogen (secondary N) is 1. The van der Waals surface area contributed by atoms with Gasteiger partial charge in [0.25, 0.3) is 0 Å². The zero-order valence-corrected chi connectivity index (χ0v) is 19.2. The van der Waals surface area contributed by atoms with Crippen molar-refractivity contribution < 1.29 is 22.6 Å². The van der Waals surface area contributed by atoms with E-state index in [4.69, 9.17) is 33.3 Å². The lowest BCUT2D eigenvalue weighted by Crippen LogP contribution is -2.43. The van der Waals surface area contributed by atoms with Crippen LogP contribution in [0.2, 0.25) is 5.02 Å². The van der Waals surface area contributed by atoms with Crippen LogP contribution in [0.4, 0.5) is 18.9 Å². The van der Waals surface area contributed by atoms with Crippen molar-refractivity contribution in [2.45, 2.75) is 12.7 Å². The number of rotatable bonds is 7. The molecule has 0 unspecified atom stereocenters. The fourth-order valence-electron chi connectivity index (χ4n) is 3.32. The van der Waals surface area contributed by atoms with Crippen molar-refractivity contribution in [2.75, 3.05) is 51.8 Å². The molecule has 1 heterocycles. The molecule has 1 aliphatic heterocycles. The van der Waals surface area contributed by atoms with Crippen LogP contribution in [0.15, 0.2) is 42.5 Å². The normalized spacial score (nSPS) is 14.8. The molecule has 2 aromatic rings. The van der Waals surface area contributed by atoms with E-state index >= 15 is 0 Å².